The molecule has 0 aliphatic heterocycles. The Bertz CT molecular complexity index is 627. The molecule has 8 heteroatoms. The summed E-state index contributed by atoms with van der Waals surface area (Å²) in [7, 11) is -0.440. The molecule has 0 bridgehead atoms. The third-order valence-corrected chi connectivity index (χ3v) is 3.87. The first-order chi connectivity index (χ1) is 9.62. The molecule has 118 valence electrons. The van der Waals surface area contributed by atoms with Gasteiger partial charge in [0.15, 0.2) is 0 Å². The van der Waals surface area contributed by atoms with E-state index in [9.17, 15) is 13.2 Å². The summed E-state index contributed by atoms with van der Waals surface area (Å²) in [5.41, 5.74) is 1.19. The minimum absolute atomic E-state index is 0.0910. The Balaban J connectivity index is 2.70. The van der Waals surface area contributed by atoms with Gasteiger partial charge < -0.3 is 15.0 Å². The molecule has 0 unspecified atom stereocenters. The summed E-state index contributed by atoms with van der Waals surface area (Å²) in [5, 5.41) is 7.81. The van der Waals surface area contributed by atoms with E-state index in [0.717, 1.165) is 0 Å². The van der Waals surface area contributed by atoms with Gasteiger partial charge in [0.1, 0.15) is 12.4 Å². The van der Waals surface area contributed by atoms with Crippen LogP contribution in [0.25, 0.3) is 0 Å². The van der Waals surface area contributed by atoms with Crippen molar-refractivity contribution >= 4 is 16.1 Å². The molecule has 0 radical (unpaired) electrons. The fourth-order valence-electron chi connectivity index (χ4n) is 1.70. The number of benzene rings is 1. The number of nitrogens with two attached hydrogens (primary N) is 1. The lowest BCUT2D eigenvalue weighted by Gasteiger charge is -2.14. The Morgan fingerprint density at radius 3 is 2.43 bits per heavy atom. The molecule has 3 N–H and O–H groups in total. The van der Waals surface area contributed by atoms with Crippen molar-refractivity contribution in [1.29, 1.82) is 0 Å². The Morgan fingerprint density at radius 1 is 1.29 bits per heavy atom. The van der Waals surface area contributed by atoms with Crippen molar-refractivity contribution in [3.63, 3.8) is 0 Å². The Morgan fingerprint density at radius 2 is 1.90 bits per heavy atom. The minimum Gasteiger partial charge on any atom is -0.491 e. The Kier molecular flexibility index (Phi) is 5.56. The number of sulfonamides is 1. The summed E-state index contributed by atoms with van der Waals surface area (Å²) < 4.78 is 28.3. The summed E-state index contributed by atoms with van der Waals surface area (Å²) in [6.07, 6.45) is 0. The van der Waals surface area contributed by atoms with E-state index in [1.165, 1.54) is 11.0 Å². The average Bonchev–Trinajstić information content (AvgIpc) is 2.36. The predicted octanol–water partition coefficient (Wildman–Crippen LogP) is 0.601. The molecule has 0 saturated carbocycles. The van der Waals surface area contributed by atoms with Crippen molar-refractivity contribution in [2.24, 2.45) is 5.14 Å². The minimum atomic E-state index is -3.74. The molecule has 0 spiro atoms. The highest BCUT2D eigenvalue weighted by Crippen LogP contribution is 2.25. The average molecular weight is 315 g/mol. The third kappa shape index (κ3) is 4.91. The van der Waals surface area contributed by atoms with Gasteiger partial charge in [-0.3, -0.25) is 0 Å². The van der Waals surface area contributed by atoms with E-state index in [4.69, 9.17) is 9.88 Å². The standard InChI is InChI=1S/C13H21N3O4S/c1-9-8-12(21(14,18)19)10(2)7-11(9)20-6-5-15-13(17)16(3)4/h7-8H,5-6H2,1-4H3,(H,15,17)(H2,14,18,19). The number of nitrogens with zero attached hydrogens (tertiary/aromatic N) is 1. The van der Waals surface area contributed by atoms with Gasteiger partial charge in [0.05, 0.1) is 11.4 Å². The molecule has 1 aromatic carbocycles. The van der Waals surface area contributed by atoms with Gasteiger partial charge in [-0.25, -0.2) is 18.4 Å². The van der Waals surface area contributed by atoms with Gasteiger partial charge in [0.2, 0.25) is 10.0 Å². The first kappa shape index (κ1) is 17.3. The molecule has 0 atom stereocenters. The van der Waals surface area contributed by atoms with Crippen LogP contribution in [0.15, 0.2) is 17.0 Å². The van der Waals surface area contributed by atoms with E-state index in [2.05, 4.69) is 5.32 Å². The number of aryl methyl sites for hydroxylation is 2. The molecule has 0 aliphatic carbocycles. The van der Waals surface area contributed by atoms with Crippen LogP contribution in [0.1, 0.15) is 11.1 Å². The number of rotatable bonds is 5. The van der Waals surface area contributed by atoms with Gasteiger partial charge in [-0.05, 0) is 37.1 Å². The van der Waals surface area contributed by atoms with E-state index < -0.39 is 10.0 Å². The number of hydrogen-bond acceptors (Lipinski definition) is 4. The number of carbonyl (C=O) groups excluding carboxylic acids is 1. The number of hydrogen-bond donors (Lipinski definition) is 2. The van der Waals surface area contributed by atoms with Crippen molar-refractivity contribution in [3.05, 3.63) is 23.3 Å². The number of nitrogens with one attached hydrogen (secondary N) is 1. The van der Waals surface area contributed by atoms with E-state index >= 15 is 0 Å². The summed E-state index contributed by atoms with van der Waals surface area (Å²) in [6.45, 7) is 4.03. The molecule has 0 heterocycles. The van der Waals surface area contributed by atoms with Crippen LogP contribution >= 0.6 is 0 Å². The van der Waals surface area contributed by atoms with E-state index in [1.54, 1.807) is 34.0 Å². The molecule has 21 heavy (non-hydrogen) atoms. The van der Waals surface area contributed by atoms with Gasteiger partial charge in [-0.15, -0.1) is 0 Å². The molecular weight excluding hydrogens is 294 g/mol. The summed E-state index contributed by atoms with van der Waals surface area (Å²) in [5.74, 6) is 0.569. The normalized spacial score (nSPS) is 11.1. The second-order valence-corrected chi connectivity index (χ2v) is 6.43. The molecule has 1 rings (SSSR count). The van der Waals surface area contributed by atoms with Crippen LogP contribution < -0.4 is 15.2 Å². The molecular formula is C13H21N3O4S. The quantitative estimate of drug-likeness (QED) is 0.777. The van der Waals surface area contributed by atoms with Crippen molar-refractivity contribution in [1.82, 2.24) is 10.2 Å². The van der Waals surface area contributed by atoms with Crippen LogP contribution in [-0.4, -0.2) is 46.6 Å². The van der Waals surface area contributed by atoms with E-state index in [-0.39, 0.29) is 17.5 Å². The largest absolute Gasteiger partial charge is 0.491 e. The summed E-state index contributed by atoms with van der Waals surface area (Å²) in [4.78, 5) is 12.8. The topological polar surface area (TPSA) is 102 Å². The van der Waals surface area contributed by atoms with Gasteiger partial charge in [-0.2, -0.15) is 0 Å². The second-order valence-electron chi connectivity index (χ2n) is 4.90. The number of amides is 2. The molecule has 0 aromatic heterocycles. The van der Waals surface area contributed by atoms with Crippen molar-refractivity contribution in [2.45, 2.75) is 18.7 Å². The fraction of sp³-hybridized carbons (Fsp3) is 0.462. The van der Waals surface area contributed by atoms with Gasteiger partial charge in [0.25, 0.3) is 0 Å². The second kappa shape index (κ2) is 6.77. The SMILES string of the molecule is Cc1cc(S(N)(=O)=O)c(C)cc1OCCNC(=O)N(C)C. The zero-order valence-electron chi connectivity index (χ0n) is 12.6. The maximum Gasteiger partial charge on any atom is 0.316 e. The van der Waals surface area contributed by atoms with Gasteiger partial charge in [-0.1, -0.05) is 0 Å². The number of carbonyl (C=O) groups is 1. The zero-order valence-corrected chi connectivity index (χ0v) is 13.5. The lowest BCUT2D eigenvalue weighted by molar-refractivity contribution is 0.213. The zero-order chi connectivity index (χ0) is 16.2. The molecule has 1 aromatic rings. The summed E-state index contributed by atoms with van der Waals surface area (Å²) in [6, 6.07) is 2.91. The van der Waals surface area contributed by atoms with Crippen LogP contribution in [0.4, 0.5) is 4.79 Å². The fourth-order valence-corrected chi connectivity index (χ4v) is 2.55. The maximum atomic E-state index is 11.4. The van der Waals surface area contributed by atoms with Gasteiger partial charge >= 0.3 is 6.03 Å². The Hall–Kier alpha value is -1.80. The number of urea groups is 1. The van der Waals surface area contributed by atoms with Crippen LogP contribution in [-0.2, 0) is 10.0 Å². The third-order valence-electron chi connectivity index (χ3n) is 2.82. The predicted molar refractivity (Wildman–Crippen MR) is 79.9 cm³/mol. The van der Waals surface area contributed by atoms with Crippen molar-refractivity contribution in [3.8, 4) is 5.75 Å². The lowest BCUT2D eigenvalue weighted by atomic mass is 10.1. The lowest BCUT2D eigenvalue weighted by Crippen LogP contribution is -2.36. The number of ether oxygens (including phenoxy) is 1. The first-order valence-corrected chi connectivity index (χ1v) is 7.89. The highest BCUT2D eigenvalue weighted by Gasteiger charge is 2.14. The van der Waals surface area contributed by atoms with Crippen LogP contribution in [0.5, 0.6) is 5.75 Å². The van der Waals surface area contributed by atoms with Crippen molar-refractivity contribution in [2.75, 3.05) is 27.2 Å². The monoisotopic (exact) mass is 315 g/mol. The van der Waals surface area contributed by atoms with E-state index in [1.807, 2.05) is 0 Å². The summed E-state index contributed by atoms with van der Waals surface area (Å²) >= 11 is 0. The van der Waals surface area contributed by atoms with Gasteiger partial charge in [0, 0.05) is 14.1 Å². The van der Waals surface area contributed by atoms with Crippen LogP contribution in [0, 0.1) is 13.8 Å². The Labute approximate surface area is 125 Å². The van der Waals surface area contributed by atoms with Crippen LogP contribution in [0.3, 0.4) is 0 Å². The molecule has 2 amide bonds. The molecule has 0 fully saturated rings. The van der Waals surface area contributed by atoms with Crippen molar-refractivity contribution < 1.29 is 17.9 Å². The first-order valence-electron chi connectivity index (χ1n) is 6.35. The highest BCUT2D eigenvalue weighted by molar-refractivity contribution is 7.89. The highest BCUT2D eigenvalue weighted by atomic mass is 32.2. The molecule has 0 aliphatic rings. The molecule has 0 saturated heterocycles. The molecule has 7 nitrogen and oxygen atoms in total. The van der Waals surface area contributed by atoms with E-state index in [0.29, 0.717) is 23.4 Å². The maximum absolute atomic E-state index is 11.4. The number of primary sulfonamides is 1. The smallest absolute Gasteiger partial charge is 0.316 e. The van der Waals surface area contributed by atoms with Crippen LogP contribution in [0.2, 0.25) is 0 Å².